The molecule has 0 bridgehead atoms. The van der Waals surface area contributed by atoms with Gasteiger partial charge in [-0.1, -0.05) is 18.9 Å². The standard InChI is InChI=1S/C14H14F3N3O3S2/c15-14(16,17)9-5-2-1-4-8(9)13(21)20-25(22,23)11-7-3-6-10-12(11)19-24-18-10/h3,6-9H,1-2,4-5H2,(H,20,21)/t8-,9-/m1/s1. The van der Waals surface area contributed by atoms with Gasteiger partial charge in [0.15, 0.2) is 0 Å². The molecule has 1 saturated carbocycles. The maximum atomic E-state index is 13.1. The van der Waals surface area contributed by atoms with Gasteiger partial charge in [0.1, 0.15) is 15.9 Å². The molecule has 0 saturated heterocycles. The van der Waals surface area contributed by atoms with Gasteiger partial charge in [-0.25, -0.2) is 13.1 Å². The Kier molecular flexibility index (Phi) is 4.71. The molecule has 11 heteroatoms. The van der Waals surface area contributed by atoms with Crippen LogP contribution < -0.4 is 4.72 Å². The van der Waals surface area contributed by atoms with Gasteiger partial charge in [0, 0.05) is 0 Å². The molecule has 1 aliphatic carbocycles. The third kappa shape index (κ3) is 3.61. The molecule has 2 atom stereocenters. The first kappa shape index (κ1) is 18.1. The predicted octanol–water partition coefficient (Wildman–Crippen LogP) is 2.86. The molecule has 1 aliphatic rings. The van der Waals surface area contributed by atoms with E-state index in [1.165, 1.54) is 12.1 Å². The van der Waals surface area contributed by atoms with E-state index in [0.717, 1.165) is 11.7 Å². The molecule has 136 valence electrons. The van der Waals surface area contributed by atoms with Crippen LogP contribution in [0.3, 0.4) is 0 Å². The molecule has 1 N–H and O–H groups in total. The van der Waals surface area contributed by atoms with E-state index < -0.39 is 33.9 Å². The number of hydrogen-bond acceptors (Lipinski definition) is 6. The molecule has 1 amide bonds. The van der Waals surface area contributed by atoms with E-state index in [1.807, 2.05) is 0 Å². The second kappa shape index (κ2) is 6.52. The fourth-order valence-electron chi connectivity index (χ4n) is 3.10. The Morgan fingerprint density at radius 3 is 2.64 bits per heavy atom. The summed E-state index contributed by atoms with van der Waals surface area (Å²) < 4.78 is 73.9. The highest BCUT2D eigenvalue weighted by atomic mass is 32.2. The molecule has 6 nitrogen and oxygen atoms in total. The summed E-state index contributed by atoms with van der Waals surface area (Å²) in [5.74, 6) is -4.35. The zero-order chi connectivity index (χ0) is 18.2. The summed E-state index contributed by atoms with van der Waals surface area (Å²) in [4.78, 5) is 12.0. The van der Waals surface area contributed by atoms with Crippen LogP contribution in [0.2, 0.25) is 0 Å². The maximum absolute atomic E-state index is 13.1. The van der Waals surface area contributed by atoms with Crippen LogP contribution >= 0.6 is 11.7 Å². The topological polar surface area (TPSA) is 89.0 Å². The minimum Gasteiger partial charge on any atom is -0.274 e. The van der Waals surface area contributed by atoms with Crippen LogP contribution in [-0.2, 0) is 14.8 Å². The average molecular weight is 393 g/mol. The lowest BCUT2D eigenvalue weighted by molar-refractivity contribution is -0.197. The van der Waals surface area contributed by atoms with Crippen molar-refractivity contribution in [3.05, 3.63) is 18.2 Å². The summed E-state index contributed by atoms with van der Waals surface area (Å²) in [6.45, 7) is 0. The Hall–Kier alpha value is -1.75. The van der Waals surface area contributed by atoms with Gasteiger partial charge in [0.2, 0.25) is 5.91 Å². The van der Waals surface area contributed by atoms with E-state index in [-0.39, 0.29) is 23.3 Å². The number of alkyl halides is 3. The van der Waals surface area contributed by atoms with Gasteiger partial charge >= 0.3 is 6.18 Å². The Bertz CT molecular complexity index is 895. The van der Waals surface area contributed by atoms with Gasteiger partial charge in [0.25, 0.3) is 10.0 Å². The highest BCUT2D eigenvalue weighted by Crippen LogP contribution is 2.41. The molecule has 0 aliphatic heterocycles. The number of nitrogens with one attached hydrogen (secondary N) is 1. The fraction of sp³-hybridized carbons (Fsp3) is 0.500. The number of rotatable bonds is 3. The van der Waals surface area contributed by atoms with E-state index in [1.54, 1.807) is 10.8 Å². The largest absolute Gasteiger partial charge is 0.392 e. The second-order valence-electron chi connectivity index (χ2n) is 5.90. The number of carbonyl (C=O) groups is 1. The monoisotopic (exact) mass is 393 g/mol. The van der Waals surface area contributed by atoms with E-state index in [0.29, 0.717) is 18.4 Å². The molecule has 0 unspecified atom stereocenters. The van der Waals surface area contributed by atoms with Crippen molar-refractivity contribution in [3.63, 3.8) is 0 Å². The molecule has 0 spiro atoms. The molecule has 0 radical (unpaired) electrons. The van der Waals surface area contributed by atoms with Gasteiger partial charge < -0.3 is 0 Å². The smallest absolute Gasteiger partial charge is 0.274 e. The number of halogens is 3. The number of carbonyl (C=O) groups excluding carboxylic acids is 1. The van der Waals surface area contributed by atoms with E-state index in [9.17, 15) is 26.4 Å². The Morgan fingerprint density at radius 2 is 1.92 bits per heavy atom. The number of nitrogens with zero attached hydrogens (tertiary/aromatic N) is 2. The summed E-state index contributed by atoms with van der Waals surface area (Å²) in [5.41, 5.74) is 0.426. The second-order valence-corrected chi connectivity index (χ2v) is 8.08. The third-order valence-electron chi connectivity index (χ3n) is 4.30. The van der Waals surface area contributed by atoms with Crippen LogP contribution in [0.25, 0.3) is 11.0 Å². The lowest BCUT2D eigenvalue weighted by Gasteiger charge is -2.31. The lowest BCUT2D eigenvalue weighted by atomic mass is 9.78. The van der Waals surface area contributed by atoms with Crippen LogP contribution in [0.4, 0.5) is 13.2 Å². The van der Waals surface area contributed by atoms with E-state index >= 15 is 0 Å². The normalized spacial score (nSPS) is 22.0. The number of aromatic nitrogens is 2. The van der Waals surface area contributed by atoms with Crippen molar-refractivity contribution < 1.29 is 26.4 Å². The summed E-state index contributed by atoms with van der Waals surface area (Å²) in [5, 5.41) is 0. The third-order valence-corrected chi connectivity index (χ3v) is 6.22. The highest BCUT2D eigenvalue weighted by Gasteiger charge is 2.48. The van der Waals surface area contributed by atoms with E-state index in [2.05, 4.69) is 8.75 Å². The zero-order valence-electron chi connectivity index (χ0n) is 12.8. The van der Waals surface area contributed by atoms with Gasteiger partial charge in [0.05, 0.1) is 23.6 Å². The summed E-state index contributed by atoms with van der Waals surface area (Å²) in [6, 6.07) is 4.23. The molecule has 1 aromatic carbocycles. The first-order chi connectivity index (χ1) is 11.7. The van der Waals surface area contributed by atoms with Crippen molar-refractivity contribution >= 4 is 38.7 Å². The molecule has 2 aromatic rings. The number of amides is 1. The number of sulfonamides is 1. The lowest BCUT2D eigenvalue weighted by Crippen LogP contribution is -2.44. The summed E-state index contributed by atoms with van der Waals surface area (Å²) >= 11 is 0.808. The minimum absolute atomic E-state index is 0.00792. The number of hydrogen-bond donors (Lipinski definition) is 1. The number of benzene rings is 1. The Labute approximate surface area is 145 Å². The quantitative estimate of drug-likeness (QED) is 0.866. The Morgan fingerprint density at radius 1 is 1.20 bits per heavy atom. The van der Waals surface area contributed by atoms with Crippen molar-refractivity contribution in [2.75, 3.05) is 0 Å². The van der Waals surface area contributed by atoms with Crippen LogP contribution in [0.5, 0.6) is 0 Å². The van der Waals surface area contributed by atoms with Gasteiger partial charge in [-0.15, -0.1) is 0 Å². The first-order valence-corrected chi connectivity index (χ1v) is 9.76. The van der Waals surface area contributed by atoms with Gasteiger partial charge in [-0.2, -0.15) is 21.9 Å². The van der Waals surface area contributed by atoms with E-state index in [4.69, 9.17) is 0 Å². The van der Waals surface area contributed by atoms with Crippen LogP contribution in [0.1, 0.15) is 25.7 Å². The molecule has 1 fully saturated rings. The van der Waals surface area contributed by atoms with Gasteiger partial charge in [-0.3, -0.25) is 4.79 Å². The van der Waals surface area contributed by atoms with Gasteiger partial charge in [-0.05, 0) is 25.0 Å². The van der Waals surface area contributed by atoms with Crippen molar-refractivity contribution in [2.45, 2.75) is 36.8 Å². The van der Waals surface area contributed by atoms with Crippen molar-refractivity contribution in [2.24, 2.45) is 11.8 Å². The maximum Gasteiger partial charge on any atom is 0.392 e. The highest BCUT2D eigenvalue weighted by molar-refractivity contribution is 7.90. The fourth-order valence-corrected chi connectivity index (χ4v) is 4.89. The van der Waals surface area contributed by atoms with Crippen LogP contribution in [0.15, 0.2) is 23.1 Å². The molecular formula is C14H14F3N3O3S2. The summed E-state index contributed by atoms with van der Waals surface area (Å²) in [7, 11) is -4.34. The molecule has 25 heavy (non-hydrogen) atoms. The number of fused-ring (bicyclic) bond motifs is 1. The van der Waals surface area contributed by atoms with Crippen molar-refractivity contribution in [1.82, 2.24) is 13.5 Å². The SMILES string of the molecule is O=C(NS(=O)(=O)c1cccc2nsnc12)[C@@H]1CCCC[C@H]1C(F)(F)F. The zero-order valence-corrected chi connectivity index (χ0v) is 14.4. The van der Waals surface area contributed by atoms with Crippen LogP contribution in [-0.4, -0.2) is 29.2 Å². The predicted molar refractivity (Wildman–Crippen MR) is 84.2 cm³/mol. The van der Waals surface area contributed by atoms with Crippen molar-refractivity contribution in [3.8, 4) is 0 Å². The first-order valence-electron chi connectivity index (χ1n) is 7.55. The molecular weight excluding hydrogens is 379 g/mol. The van der Waals surface area contributed by atoms with Crippen LogP contribution in [0, 0.1) is 11.8 Å². The van der Waals surface area contributed by atoms with Crippen molar-refractivity contribution in [1.29, 1.82) is 0 Å². The molecule has 1 aromatic heterocycles. The molecule has 1 heterocycles. The minimum atomic E-state index is -4.54. The average Bonchev–Trinajstić information content (AvgIpc) is 3.02. The summed E-state index contributed by atoms with van der Waals surface area (Å²) in [6.07, 6.45) is -3.88. The Balaban J connectivity index is 1.87. The molecule has 3 rings (SSSR count).